The number of ether oxygens (including phenoxy) is 1. The second-order valence-electron chi connectivity index (χ2n) is 7.42. The van der Waals surface area contributed by atoms with Gasteiger partial charge in [0.25, 0.3) is 5.92 Å². The minimum Gasteiger partial charge on any atom is -0.444 e. The van der Waals surface area contributed by atoms with E-state index in [4.69, 9.17) is 10.5 Å². The van der Waals surface area contributed by atoms with Gasteiger partial charge >= 0.3 is 6.09 Å². The molecule has 2 rings (SSSR count). The summed E-state index contributed by atoms with van der Waals surface area (Å²) >= 11 is 0. The molecule has 1 aliphatic heterocycles. The number of piperazine rings is 1. The van der Waals surface area contributed by atoms with Crippen molar-refractivity contribution < 1.29 is 18.3 Å². The van der Waals surface area contributed by atoms with Gasteiger partial charge in [0, 0.05) is 39.1 Å². The van der Waals surface area contributed by atoms with Crippen LogP contribution in [0.1, 0.15) is 33.6 Å². The van der Waals surface area contributed by atoms with Gasteiger partial charge in [-0.25, -0.2) is 13.6 Å². The van der Waals surface area contributed by atoms with Crippen LogP contribution in [0.2, 0.25) is 0 Å². The maximum absolute atomic E-state index is 13.4. The van der Waals surface area contributed by atoms with Gasteiger partial charge in [-0.1, -0.05) is 0 Å². The molecule has 1 unspecified atom stereocenters. The molecule has 0 spiro atoms. The van der Waals surface area contributed by atoms with E-state index in [-0.39, 0.29) is 19.1 Å². The van der Waals surface area contributed by atoms with Gasteiger partial charge < -0.3 is 15.4 Å². The highest BCUT2D eigenvalue weighted by Gasteiger charge is 2.69. The number of alkyl halides is 2. The molecule has 1 saturated heterocycles. The summed E-state index contributed by atoms with van der Waals surface area (Å²) in [5.41, 5.74) is 4.02. The minimum absolute atomic E-state index is 0.0396. The molecule has 2 fully saturated rings. The molecule has 1 amide bonds. The molecule has 5 nitrogen and oxygen atoms in total. The second kappa shape index (κ2) is 5.92. The Bertz CT molecular complexity index is 418. The van der Waals surface area contributed by atoms with Crippen LogP contribution in [-0.4, -0.2) is 66.7 Å². The fourth-order valence-corrected chi connectivity index (χ4v) is 2.83. The van der Waals surface area contributed by atoms with Crippen LogP contribution >= 0.6 is 0 Å². The molecule has 2 N–H and O–H groups in total. The Morgan fingerprint density at radius 1 is 1.23 bits per heavy atom. The third-order valence-electron chi connectivity index (χ3n) is 4.53. The topological polar surface area (TPSA) is 58.8 Å². The molecule has 1 saturated carbocycles. The average Bonchev–Trinajstić information content (AvgIpc) is 2.97. The first-order chi connectivity index (χ1) is 10.1. The molecule has 0 radical (unpaired) electrons. The van der Waals surface area contributed by atoms with Crippen LogP contribution in [0.25, 0.3) is 0 Å². The number of carbonyl (C=O) groups excluding carboxylic acids is 1. The Morgan fingerprint density at radius 3 is 2.18 bits per heavy atom. The Hall–Kier alpha value is -0.950. The van der Waals surface area contributed by atoms with E-state index in [2.05, 4.69) is 4.90 Å². The monoisotopic (exact) mass is 319 g/mol. The summed E-state index contributed by atoms with van der Waals surface area (Å²) in [5, 5.41) is 0. The summed E-state index contributed by atoms with van der Waals surface area (Å²) in [7, 11) is 0. The number of rotatable bonds is 4. The van der Waals surface area contributed by atoms with Gasteiger partial charge in [0.05, 0.1) is 5.41 Å². The number of amides is 1. The summed E-state index contributed by atoms with van der Waals surface area (Å²) in [6.07, 6.45) is 0.0245. The van der Waals surface area contributed by atoms with Gasteiger partial charge in [0.1, 0.15) is 5.60 Å². The zero-order valence-corrected chi connectivity index (χ0v) is 13.7. The van der Waals surface area contributed by atoms with Crippen molar-refractivity contribution in [3.8, 4) is 0 Å². The molecule has 0 bridgehead atoms. The quantitative estimate of drug-likeness (QED) is 0.860. The number of nitrogens with zero attached hydrogens (tertiary/aromatic N) is 2. The standard InChI is InChI=1S/C15H27F2N3O2/c1-13(2,3)22-12(21)20-8-6-19(7-9-20)5-4-14(11-18)10-15(14,16)17/h4-11,18H2,1-3H3. The third kappa shape index (κ3) is 3.87. The van der Waals surface area contributed by atoms with Gasteiger partial charge in [-0.3, -0.25) is 4.90 Å². The van der Waals surface area contributed by atoms with Crippen molar-refractivity contribution in [1.29, 1.82) is 0 Å². The lowest BCUT2D eigenvalue weighted by atomic mass is 10.0. The van der Waals surface area contributed by atoms with Crippen molar-refractivity contribution in [3.63, 3.8) is 0 Å². The highest BCUT2D eigenvalue weighted by atomic mass is 19.3. The van der Waals surface area contributed by atoms with Gasteiger partial charge in [-0.15, -0.1) is 0 Å². The van der Waals surface area contributed by atoms with Crippen molar-refractivity contribution in [2.45, 2.75) is 45.1 Å². The van der Waals surface area contributed by atoms with Crippen LogP contribution in [0, 0.1) is 5.41 Å². The van der Waals surface area contributed by atoms with E-state index in [0.29, 0.717) is 39.1 Å². The summed E-state index contributed by atoms with van der Waals surface area (Å²) in [4.78, 5) is 15.7. The molecule has 128 valence electrons. The van der Waals surface area contributed by atoms with Crippen LogP contribution in [0.15, 0.2) is 0 Å². The highest BCUT2D eigenvalue weighted by molar-refractivity contribution is 5.68. The van der Waals surface area contributed by atoms with E-state index < -0.39 is 16.9 Å². The van der Waals surface area contributed by atoms with Crippen molar-refractivity contribution in [3.05, 3.63) is 0 Å². The Balaban J connectivity index is 1.73. The molecular formula is C15H27F2N3O2. The van der Waals surface area contributed by atoms with Crippen molar-refractivity contribution >= 4 is 6.09 Å². The number of hydrogen-bond donors (Lipinski definition) is 1. The minimum atomic E-state index is -2.60. The molecule has 1 heterocycles. The zero-order valence-electron chi connectivity index (χ0n) is 13.7. The van der Waals surface area contributed by atoms with Gasteiger partial charge in [0.15, 0.2) is 0 Å². The first-order valence-electron chi connectivity index (χ1n) is 7.87. The molecule has 7 heteroatoms. The second-order valence-corrected chi connectivity index (χ2v) is 7.42. The molecule has 1 atom stereocenters. The molecule has 2 aliphatic rings. The average molecular weight is 319 g/mol. The Morgan fingerprint density at radius 2 is 1.77 bits per heavy atom. The van der Waals surface area contributed by atoms with Crippen LogP contribution in [-0.2, 0) is 4.74 Å². The van der Waals surface area contributed by atoms with Crippen LogP contribution in [0.3, 0.4) is 0 Å². The third-order valence-corrected chi connectivity index (χ3v) is 4.53. The van der Waals surface area contributed by atoms with Gasteiger partial charge in [0.2, 0.25) is 0 Å². The summed E-state index contributed by atoms with van der Waals surface area (Å²) in [6, 6.07) is 0. The number of nitrogens with two attached hydrogens (primary N) is 1. The van der Waals surface area contributed by atoms with E-state index in [1.807, 2.05) is 20.8 Å². The lowest BCUT2D eigenvalue weighted by Gasteiger charge is -2.36. The number of halogens is 2. The number of carbonyl (C=O) groups is 1. The van der Waals surface area contributed by atoms with E-state index in [9.17, 15) is 13.6 Å². The number of hydrogen-bond acceptors (Lipinski definition) is 4. The molecule has 0 aromatic heterocycles. The van der Waals surface area contributed by atoms with Crippen molar-refractivity contribution in [1.82, 2.24) is 9.80 Å². The van der Waals surface area contributed by atoms with E-state index in [1.165, 1.54) is 0 Å². The van der Waals surface area contributed by atoms with Gasteiger partial charge in [-0.2, -0.15) is 0 Å². The smallest absolute Gasteiger partial charge is 0.410 e. The summed E-state index contributed by atoms with van der Waals surface area (Å²) in [5.74, 6) is -2.60. The summed E-state index contributed by atoms with van der Waals surface area (Å²) in [6.45, 7) is 8.67. The van der Waals surface area contributed by atoms with Crippen LogP contribution < -0.4 is 5.73 Å². The van der Waals surface area contributed by atoms with Crippen molar-refractivity contribution in [2.75, 3.05) is 39.3 Å². The molecule has 0 aromatic rings. The van der Waals surface area contributed by atoms with E-state index >= 15 is 0 Å². The van der Waals surface area contributed by atoms with E-state index in [1.54, 1.807) is 4.90 Å². The molecule has 0 aromatic carbocycles. The van der Waals surface area contributed by atoms with Crippen LogP contribution in [0.4, 0.5) is 13.6 Å². The highest BCUT2D eigenvalue weighted by Crippen LogP contribution is 2.61. The van der Waals surface area contributed by atoms with E-state index in [0.717, 1.165) is 0 Å². The summed E-state index contributed by atoms with van der Waals surface area (Å²) < 4.78 is 32.1. The lowest BCUT2D eigenvalue weighted by Crippen LogP contribution is -2.50. The first kappa shape index (κ1) is 17.4. The first-order valence-corrected chi connectivity index (χ1v) is 7.87. The fraction of sp³-hybridized carbons (Fsp3) is 0.933. The maximum atomic E-state index is 13.4. The molecule has 1 aliphatic carbocycles. The van der Waals surface area contributed by atoms with Crippen molar-refractivity contribution in [2.24, 2.45) is 11.1 Å². The Labute approximate surface area is 130 Å². The predicted octanol–water partition coefficient (Wildman–Crippen LogP) is 1.91. The normalized spacial score (nSPS) is 28.5. The SMILES string of the molecule is CC(C)(C)OC(=O)N1CCN(CCC2(CN)CC2(F)F)CC1. The Kier molecular flexibility index (Phi) is 4.69. The largest absolute Gasteiger partial charge is 0.444 e. The molecule has 22 heavy (non-hydrogen) atoms. The molecular weight excluding hydrogens is 292 g/mol. The van der Waals surface area contributed by atoms with Gasteiger partial charge in [-0.05, 0) is 33.7 Å². The predicted molar refractivity (Wildman–Crippen MR) is 79.9 cm³/mol. The van der Waals surface area contributed by atoms with Crippen LogP contribution in [0.5, 0.6) is 0 Å². The maximum Gasteiger partial charge on any atom is 0.410 e. The fourth-order valence-electron chi connectivity index (χ4n) is 2.83. The zero-order chi connectivity index (χ0) is 16.6. The lowest BCUT2D eigenvalue weighted by molar-refractivity contribution is 0.0128.